The second kappa shape index (κ2) is 13.3. The number of carbonyl (C=O) groups is 4. The Labute approximate surface area is 229 Å². The van der Waals surface area contributed by atoms with Crippen molar-refractivity contribution < 1.29 is 23.9 Å². The van der Waals surface area contributed by atoms with E-state index in [0.29, 0.717) is 16.8 Å². The summed E-state index contributed by atoms with van der Waals surface area (Å²) in [6, 6.07) is 9.66. The van der Waals surface area contributed by atoms with E-state index in [4.69, 9.17) is 16.9 Å². The third-order valence-electron chi connectivity index (χ3n) is 5.70. The number of nitrogens with zero attached hydrogens (tertiary/aromatic N) is 1. The smallest absolute Gasteiger partial charge is 0.408 e. The summed E-state index contributed by atoms with van der Waals surface area (Å²) in [6.45, 7) is 12.3. The summed E-state index contributed by atoms with van der Waals surface area (Å²) < 4.78 is 5.28. The minimum atomic E-state index is -1.41. The van der Waals surface area contributed by atoms with Crippen LogP contribution in [-0.4, -0.2) is 46.9 Å². The van der Waals surface area contributed by atoms with E-state index in [0.717, 1.165) is 11.1 Å². The number of hydrogen-bond donors (Lipinski definition) is 3. The molecular weight excluding hydrogens is 496 g/mol. The second-order valence-electron chi connectivity index (χ2n) is 10.0. The van der Waals surface area contributed by atoms with Gasteiger partial charge >= 0.3 is 6.09 Å². The molecule has 2 aromatic carbocycles. The highest BCUT2D eigenvalue weighted by Crippen LogP contribution is 2.29. The number of alkyl carbamates (subject to hydrolysis) is 1. The molecule has 0 radical (unpaired) electrons. The maximum Gasteiger partial charge on any atom is 0.408 e. The van der Waals surface area contributed by atoms with E-state index >= 15 is 0 Å². The van der Waals surface area contributed by atoms with Gasteiger partial charge in [0.2, 0.25) is 11.8 Å². The van der Waals surface area contributed by atoms with Crippen LogP contribution in [0.4, 0.5) is 10.5 Å². The number of amides is 4. The number of carbonyl (C=O) groups excluding carboxylic acids is 4. The minimum absolute atomic E-state index is 0.103. The lowest BCUT2D eigenvalue weighted by atomic mass is 9.96. The fraction of sp³-hybridized carbons (Fsp3) is 0.333. The predicted molar refractivity (Wildman–Crippen MR) is 151 cm³/mol. The average molecular weight is 533 g/mol. The van der Waals surface area contributed by atoms with Crippen molar-refractivity contribution in [1.29, 1.82) is 0 Å². The van der Waals surface area contributed by atoms with Crippen molar-refractivity contribution >= 4 is 29.5 Å². The Morgan fingerprint density at radius 3 is 2.26 bits per heavy atom. The lowest BCUT2D eigenvalue weighted by molar-refractivity contribution is -0.141. The number of benzene rings is 2. The largest absolute Gasteiger partial charge is 0.444 e. The van der Waals surface area contributed by atoms with Gasteiger partial charge in [-0.3, -0.25) is 14.4 Å². The van der Waals surface area contributed by atoms with Gasteiger partial charge in [0.05, 0.1) is 6.42 Å². The molecule has 2 unspecified atom stereocenters. The zero-order chi connectivity index (χ0) is 29.3. The molecule has 0 spiro atoms. The first kappa shape index (κ1) is 30.6. The van der Waals surface area contributed by atoms with Crippen molar-refractivity contribution in [3.8, 4) is 12.3 Å². The summed E-state index contributed by atoms with van der Waals surface area (Å²) in [5, 5.41) is 5.36. The zero-order valence-corrected chi connectivity index (χ0v) is 23.0. The fourth-order valence-corrected chi connectivity index (χ4v) is 4.03. The first-order valence-corrected chi connectivity index (χ1v) is 12.4. The molecule has 0 heterocycles. The first-order chi connectivity index (χ1) is 18.3. The Bertz CT molecular complexity index is 1270. The van der Waals surface area contributed by atoms with Crippen LogP contribution in [0.2, 0.25) is 0 Å². The van der Waals surface area contributed by atoms with Crippen LogP contribution in [0.1, 0.15) is 55.5 Å². The molecule has 0 saturated carbocycles. The number of rotatable bonds is 10. The first-order valence-electron chi connectivity index (χ1n) is 12.4. The van der Waals surface area contributed by atoms with E-state index in [-0.39, 0.29) is 6.54 Å². The molecule has 0 aromatic heterocycles. The van der Waals surface area contributed by atoms with Crippen LogP contribution in [0.25, 0.3) is 0 Å². The molecule has 0 aliphatic carbocycles. The summed E-state index contributed by atoms with van der Waals surface area (Å²) in [5.41, 5.74) is 7.58. The van der Waals surface area contributed by atoms with Gasteiger partial charge in [-0.25, -0.2) is 4.79 Å². The van der Waals surface area contributed by atoms with Crippen molar-refractivity contribution in [2.75, 3.05) is 11.9 Å². The summed E-state index contributed by atoms with van der Waals surface area (Å²) in [5.74, 6) is 0.451. The molecule has 2 aromatic rings. The number of para-hydroxylation sites is 1. The van der Waals surface area contributed by atoms with Gasteiger partial charge in [0, 0.05) is 17.8 Å². The third-order valence-corrected chi connectivity index (χ3v) is 5.70. The van der Waals surface area contributed by atoms with Gasteiger partial charge in [-0.2, -0.15) is 0 Å². The van der Waals surface area contributed by atoms with E-state index in [1.54, 1.807) is 45.0 Å². The van der Waals surface area contributed by atoms with Crippen LogP contribution in [0.15, 0.2) is 55.1 Å². The lowest BCUT2D eigenvalue weighted by Gasteiger charge is -2.34. The number of aryl methyl sites for hydroxylation is 2. The monoisotopic (exact) mass is 532 g/mol. The van der Waals surface area contributed by atoms with E-state index in [1.807, 2.05) is 32.0 Å². The van der Waals surface area contributed by atoms with Crippen LogP contribution in [0, 0.1) is 26.2 Å². The summed E-state index contributed by atoms with van der Waals surface area (Å²) >= 11 is 0. The van der Waals surface area contributed by atoms with E-state index < -0.39 is 47.9 Å². The van der Waals surface area contributed by atoms with E-state index in [9.17, 15) is 19.2 Å². The van der Waals surface area contributed by atoms with Crippen LogP contribution in [0.5, 0.6) is 0 Å². The quantitative estimate of drug-likeness (QED) is 0.317. The predicted octanol–water partition coefficient (Wildman–Crippen LogP) is 3.75. The molecule has 9 nitrogen and oxygen atoms in total. The van der Waals surface area contributed by atoms with Gasteiger partial charge in [-0.05, 0) is 57.4 Å². The summed E-state index contributed by atoms with van der Waals surface area (Å²) in [6.07, 6.45) is 5.75. The molecule has 206 valence electrons. The Kier molecular flexibility index (Phi) is 10.4. The van der Waals surface area contributed by atoms with Gasteiger partial charge in [-0.15, -0.1) is 13.0 Å². The topological polar surface area (TPSA) is 131 Å². The summed E-state index contributed by atoms with van der Waals surface area (Å²) in [7, 11) is 0. The number of hydrogen-bond acceptors (Lipinski definition) is 5. The highest BCUT2D eigenvalue weighted by molar-refractivity contribution is 6.00. The second-order valence-corrected chi connectivity index (χ2v) is 10.0. The highest BCUT2D eigenvalue weighted by Gasteiger charge is 2.37. The molecule has 4 amide bonds. The number of anilines is 1. The van der Waals surface area contributed by atoms with Crippen molar-refractivity contribution in [3.05, 3.63) is 77.4 Å². The molecule has 0 aliphatic rings. The van der Waals surface area contributed by atoms with Crippen LogP contribution >= 0.6 is 0 Å². The van der Waals surface area contributed by atoms with Crippen LogP contribution < -0.4 is 16.4 Å². The Hall–Kier alpha value is -4.58. The lowest BCUT2D eigenvalue weighted by Crippen LogP contribution is -2.53. The molecule has 2 atom stereocenters. The normalized spacial score (nSPS) is 12.3. The van der Waals surface area contributed by atoms with Gasteiger partial charge in [0.1, 0.15) is 17.7 Å². The maximum absolute atomic E-state index is 13.9. The Morgan fingerprint density at radius 1 is 1.10 bits per heavy atom. The Balaban J connectivity index is 2.62. The average Bonchev–Trinajstić information content (AvgIpc) is 2.84. The van der Waals surface area contributed by atoms with Gasteiger partial charge in [-0.1, -0.05) is 48.4 Å². The van der Waals surface area contributed by atoms with E-state index in [1.165, 1.54) is 11.0 Å². The van der Waals surface area contributed by atoms with Gasteiger partial charge in [0.15, 0.2) is 0 Å². The molecule has 0 aliphatic heterocycles. The zero-order valence-electron chi connectivity index (χ0n) is 23.0. The third kappa shape index (κ3) is 8.47. The van der Waals surface area contributed by atoms with E-state index in [2.05, 4.69) is 23.1 Å². The van der Waals surface area contributed by atoms with Crippen molar-refractivity contribution in [3.63, 3.8) is 0 Å². The molecule has 2 rings (SSSR count). The standard InChI is InChI=1S/C30H36N4O5/c1-8-17-34(28(37)23(18-24(31)35)32-29(38)39-30(5,6)7)26(22-16-11-10-15-21(22)9-2)27(36)33-25-19(3)13-12-14-20(25)4/h2,8,10-16,23,26H,1,17-18H2,3-7H3,(H2,31,35)(H,32,38)(H,33,36). The molecule has 0 saturated heterocycles. The number of terminal acetylenes is 1. The number of nitrogens with two attached hydrogens (primary N) is 1. The molecular formula is C30H36N4O5. The molecule has 0 bridgehead atoms. The van der Waals surface area contributed by atoms with Crippen molar-refractivity contribution in [1.82, 2.24) is 10.2 Å². The number of ether oxygens (including phenoxy) is 1. The number of primary amides is 1. The van der Waals surface area contributed by atoms with Gasteiger partial charge in [0.25, 0.3) is 5.91 Å². The van der Waals surface area contributed by atoms with Crippen LogP contribution in [-0.2, 0) is 19.1 Å². The SMILES string of the molecule is C#Cc1ccccc1C(C(=O)Nc1c(C)cccc1C)N(CC=C)C(=O)C(CC(N)=O)NC(=O)OC(C)(C)C. The fourth-order valence-electron chi connectivity index (χ4n) is 4.03. The summed E-state index contributed by atoms with van der Waals surface area (Å²) in [4.78, 5) is 53.5. The van der Waals surface area contributed by atoms with Crippen molar-refractivity contribution in [2.24, 2.45) is 5.73 Å². The Morgan fingerprint density at radius 2 is 1.72 bits per heavy atom. The molecule has 0 fully saturated rings. The minimum Gasteiger partial charge on any atom is -0.444 e. The maximum atomic E-state index is 13.9. The number of nitrogens with one attached hydrogen (secondary N) is 2. The highest BCUT2D eigenvalue weighted by atomic mass is 16.6. The molecule has 39 heavy (non-hydrogen) atoms. The van der Waals surface area contributed by atoms with Crippen LogP contribution in [0.3, 0.4) is 0 Å². The van der Waals surface area contributed by atoms with Crippen molar-refractivity contribution in [2.45, 2.75) is 58.7 Å². The molecule has 9 heteroatoms. The van der Waals surface area contributed by atoms with Gasteiger partial charge < -0.3 is 26.0 Å². The molecule has 4 N–H and O–H groups in total.